The third-order valence-electron chi connectivity index (χ3n) is 4.77. The van der Waals surface area contributed by atoms with Gasteiger partial charge in [0.25, 0.3) is 5.91 Å². The zero-order valence-electron chi connectivity index (χ0n) is 17.0. The van der Waals surface area contributed by atoms with Gasteiger partial charge in [-0.05, 0) is 42.5 Å². The molecule has 0 aliphatic carbocycles. The molecule has 0 saturated heterocycles. The van der Waals surface area contributed by atoms with Gasteiger partial charge < -0.3 is 15.4 Å². The van der Waals surface area contributed by atoms with E-state index in [1.54, 1.807) is 13.2 Å². The molecule has 6 heteroatoms. The molecule has 3 rings (SSSR count). The highest BCUT2D eigenvalue weighted by Crippen LogP contribution is 2.22. The number of methoxy groups -OCH3 is 1. The van der Waals surface area contributed by atoms with Gasteiger partial charge in [-0.2, -0.15) is 0 Å². The van der Waals surface area contributed by atoms with Crippen molar-refractivity contribution in [3.05, 3.63) is 77.2 Å². The van der Waals surface area contributed by atoms with Crippen LogP contribution in [0.3, 0.4) is 0 Å². The molecule has 3 aromatic rings. The molecule has 0 radical (unpaired) electrons. The Morgan fingerprint density at radius 3 is 2.66 bits per heavy atom. The second-order valence-electron chi connectivity index (χ2n) is 6.69. The van der Waals surface area contributed by atoms with E-state index in [1.807, 2.05) is 49.4 Å². The molecular weight excluding hydrogens is 364 g/mol. The lowest BCUT2D eigenvalue weighted by Crippen LogP contribution is -2.17. The maximum absolute atomic E-state index is 12.7. The van der Waals surface area contributed by atoms with Crippen LogP contribution in [0, 0.1) is 6.92 Å². The third kappa shape index (κ3) is 5.10. The highest BCUT2D eigenvalue weighted by atomic mass is 16.5. The number of carbonyl (C=O) groups is 1. The summed E-state index contributed by atoms with van der Waals surface area (Å²) < 4.78 is 5.38. The van der Waals surface area contributed by atoms with E-state index in [9.17, 15) is 4.79 Å². The molecule has 0 unspecified atom stereocenters. The predicted molar refractivity (Wildman–Crippen MR) is 116 cm³/mol. The van der Waals surface area contributed by atoms with Gasteiger partial charge in [-0.3, -0.25) is 4.79 Å². The number of rotatable bonds is 8. The van der Waals surface area contributed by atoms with Crippen molar-refractivity contribution in [3.63, 3.8) is 0 Å². The zero-order valence-corrected chi connectivity index (χ0v) is 17.0. The maximum atomic E-state index is 12.7. The summed E-state index contributed by atoms with van der Waals surface area (Å²) in [6.07, 6.45) is 3.02. The van der Waals surface area contributed by atoms with Gasteiger partial charge in [-0.1, -0.05) is 43.3 Å². The summed E-state index contributed by atoms with van der Waals surface area (Å²) in [6.45, 7) is 4.72. The number of nitrogens with one attached hydrogen (secondary N) is 2. The Balaban J connectivity index is 1.66. The number of aromatic nitrogens is 2. The van der Waals surface area contributed by atoms with E-state index in [1.165, 1.54) is 6.33 Å². The van der Waals surface area contributed by atoms with Crippen molar-refractivity contribution in [3.8, 4) is 5.75 Å². The topological polar surface area (TPSA) is 76.1 Å². The van der Waals surface area contributed by atoms with Crippen LogP contribution >= 0.6 is 0 Å². The monoisotopic (exact) mass is 390 g/mol. The van der Waals surface area contributed by atoms with Gasteiger partial charge in [0, 0.05) is 18.3 Å². The zero-order chi connectivity index (χ0) is 20.6. The average molecular weight is 390 g/mol. The van der Waals surface area contributed by atoms with Crippen LogP contribution in [0.5, 0.6) is 5.75 Å². The van der Waals surface area contributed by atoms with Crippen molar-refractivity contribution in [1.29, 1.82) is 0 Å². The smallest absolute Gasteiger partial charge is 0.274 e. The Bertz CT molecular complexity index is 988. The van der Waals surface area contributed by atoms with Crippen LogP contribution in [0.1, 0.15) is 34.1 Å². The summed E-state index contributed by atoms with van der Waals surface area (Å²) in [5, 5.41) is 6.25. The van der Waals surface area contributed by atoms with Gasteiger partial charge in [-0.15, -0.1) is 0 Å². The first kappa shape index (κ1) is 20.3. The molecule has 0 aliphatic heterocycles. The Morgan fingerprint density at radius 2 is 1.86 bits per heavy atom. The van der Waals surface area contributed by atoms with Crippen molar-refractivity contribution >= 4 is 17.4 Å². The molecule has 0 bridgehead atoms. The van der Waals surface area contributed by atoms with E-state index in [0.717, 1.165) is 41.0 Å². The molecule has 1 heterocycles. The molecular formula is C23H26N4O2. The molecule has 0 aliphatic rings. The summed E-state index contributed by atoms with van der Waals surface area (Å²) in [7, 11) is 1.67. The first-order chi connectivity index (χ1) is 14.1. The van der Waals surface area contributed by atoms with E-state index in [4.69, 9.17) is 4.74 Å². The lowest BCUT2D eigenvalue weighted by Gasteiger charge is -2.13. The molecule has 1 aromatic heterocycles. The number of amides is 1. The maximum Gasteiger partial charge on any atom is 0.274 e. The highest BCUT2D eigenvalue weighted by molar-refractivity contribution is 6.04. The van der Waals surface area contributed by atoms with Crippen molar-refractivity contribution in [2.75, 3.05) is 24.3 Å². The molecule has 2 aromatic carbocycles. The molecule has 29 heavy (non-hydrogen) atoms. The fourth-order valence-electron chi connectivity index (χ4n) is 3.19. The summed E-state index contributed by atoms with van der Waals surface area (Å²) in [5.74, 6) is 1.23. The van der Waals surface area contributed by atoms with Gasteiger partial charge in [-0.25, -0.2) is 9.97 Å². The van der Waals surface area contributed by atoms with E-state index in [2.05, 4.69) is 27.5 Å². The number of carbonyl (C=O) groups excluding carboxylic acids is 1. The molecule has 150 valence electrons. The summed E-state index contributed by atoms with van der Waals surface area (Å²) in [5.41, 5.74) is 4.42. The number of aryl methyl sites for hydroxylation is 2. The van der Waals surface area contributed by atoms with Crippen LogP contribution in [0.2, 0.25) is 0 Å². The number of anilines is 2. The second kappa shape index (κ2) is 9.68. The van der Waals surface area contributed by atoms with Gasteiger partial charge in [0.2, 0.25) is 0 Å². The highest BCUT2D eigenvalue weighted by Gasteiger charge is 2.13. The second-order valence-corrected chi connectivity index (χ2v) is 6.69. The Morgan fingerprint density at radius 1 is 1.07 bits per heavy atom. The van der Waals surface area contributed by atoms with Crippen molar-refractivity contribution in [2.45, 2.75) is 26.7 Å². The van der Waals surface area contributed by atoms with Crippen LogP contribution in [0.15, 0.2) is 54.9 Å². The molecule has 1 amide bonds. The third-order valence-corrected chi connectivity index (χ3v) is 4.77. The van der Waals surface area contributed by atoms with Gasteiger partial charge in [0.05, 0.1) is 7.11 Å². The fraction of sp³-hybridized carbons (Fsp3) is 0.261. The summed E-state index contributed by atoms with van der Waals surface area (Å²) in [4.78, 5) is 21.1. The van der Waals surface area contributed by atoms with Crippen LogP contribution in [-0.2, 0) is 12.8 Å². The first-order valence-corrected chi connectivity index (χ1v) is 9.70. The number of hydrogen-bond donors (Lipinski definition) is 2. The molecule has 0 spiro atoms. The molecule has 6 nitrogen and oxygen atoms in total. The number of para-hydroxylation sites is 2. The Labute approximate surface area is 171 Å². The number of ether oxygens (including phenoxy) is 1. The molecule has 0 atom stereocenters. The lowest BCUT2D eigenvalue weighted by molar-refractivity contribution is 0.102. The minimum atomic E-state index is -0.246. The minimum Gasteiger partial charge on any atom is -0.496 e. The molecule has 0 saturated carbocycles. The van der Waals surface area contributed by atoms with E-state index < -0.39 is 0 Å². The van der Waals surface area contributed by atoms with Crippen LogP contribution in [-0.4, -0.2) is 29.5 Å². The largest absolute Gasteiger partial charge is 0.496 e. The van der Waals surface area contributed by atoms with E-state index in [-0.39, 0.29) is 5.91 Å². The standard InChI is InChI=1S/C23H26N4O2/c1-4-17-10-7-8-16(2)22(17)27-23(28)19-14-21(26-15-25-19)24-13-12-18-9-5-6-11-20(18)29-3/h5-11,14-15H,4,12-13H2,1-3H3,(H,27,28)(H,24,25,26). The van der Waals surface area contributed by atoms with Gasteiger partial charge >= 0.3 is 0 Å². The van der Waals surface area contributed by atoms with Gasteiger partial charge in [0.15, 0.2) is 0 Å². The van der Waals surface area contributed by atoms with Crippen LogP contribution < -0.4 is 15.4 Å². The number of nitrogens with zero attached hydrogens (tertiary/aromatic N) is 2. The Kier molecular flexibility index (Phi) is 6.79. The van der Waals surface area contributed by atoms with Gasteiger partial charge in [0.1, 0.15) is 23.6 Å². The SMILES string of the molecule is CCc1cccc(C)c1NC(=O)c1cc(NCCc2ccccc2OC)ncn1. The first-order valence-electron chi connectivity index (χ1n) is 9.70. The number of benzene rings is 2. The summed E-state index contributed by atoms with van der Waals surface area (Å²) >= 11 is 0. The average Bonchev–Trinajstić information content (AvgIpc) is 2.75. The van der Waals surface area contributed by atoms with Crippen LogP contribution in [0.25, 0.3) is 0 Å². The number of hydrogen-bond acceptors (Lipinski definition) is 5. The van der Waals surface area contributed by atoms with Crippen molar-refractivity contribution in [1.82, 2.24) is 9.97 Å². The molecule has 0 fully saturated rings. The van der Waals surface area contributed by atoms with Crippen molar-refractivity contribution in [2.24, 2.45) is 0 Å². The summed E-state index contributed by atoms with van der Waals surface area (Å²) in [6, 6.07) is 15.6. The van der Waals surface area contributed by atoms with Crippen LogP contribution in [0.4, 0.5) is 11.5 Å². The Hall–Kier alpha value is -3.41. The molecule has 2 N–H and O–H groups in total. The van der Waals surface area contributed by atoms with Crippen molar-refractivity contribution < 1.29 is 9.53 Å². The van der Waals surface area contributed by atoms with E-state index >= 15 is 0 Å². The lowest BCUT2D eigenvalue weighted by atomic mass is 10.1. The fourth-order valence-corrected chi connectivity index (χ4v) is 3.19. The predicted octanol–water partition coefficient (Wildman–Crippen LogP) is 4.26. The minimum absolute atomic E-state index is 0.246. The van der Waals surface area contributed by atoms with E-state index in [0.29, 0.717) is 18.1 Å². The quantitative estimate of drug-likeness (QED) is 0.601. The normalized spacial score (nSPS) is 10.4.